The molecule has 2 aliphatic rings. The molecule has 4 aromatic rings. The summed E-state index contributed by atoms with van der Waals surface area (Å²) < 4.78 is 31.0. The van der Waals surface area contributed by atoms with E-state index in [0.717, 1.165) is 11.1 Å². The summed E-state index contributed by atoms with van der Waals surface area (Å²) in [5.74, 6) is -0.381. The van der Waals surface area contributed by atoms with Crippen molar-refractivity contribution in [2.24, 2.45) is 0 Å². The largest absolute Gasteiger partial charge is 0.340 e. The van der Waals surface area contributed by atoms with Crippen molar-refractivity contribution in [3.05, 3.63) is 94.6 Å². The lowest BCUT2D eigenvalue weighted by molar-refractivity contribution is -0.130. The second-order valence-electron chi connectivity index (χ2n) is 10.4. The summed E-state index contributed by atoms with van der Waals surface area (Å²) in [4.78, 5) is 33.7. The van der Waals surface area contributed by atoms with Gasteiger partial charge in [0, 0.05) is 43.1 Å². The Balaban J connectivity index is 1.49. The Kier molecular flexibility index (Phi) is 7.13. The number of benzene rings is 3. The van der Waals surface area contributed by atoms with Crippen LogP contribution in [0.3, 0.4) is 0 Å². The van der Waals surface area contributed by atoms with E-state index in [0.29, 0.717) is 21.3 Å². The molecule has 0 radical (unpaired) electrons. The summed E-state index contributed by atoms with van der Waals surface area (Å²) in [7, 11) is -4.10. The molecular weight excluding hydrogens is 597 g/mol. The standard InChI is InChI=1S/C30H27Cl2N5O4S/c1-20(38)34-12-14-35(15-13-34)42(40,41)27-19-33-29-36(26-17-24(31)16-25(32)18-26)28(39)30(2,37(27)29)23-10-8-22(9-11-23)21-6-4-3-5-7-21/h3-11,16-19H,12-15H2,1-2H3/t30-/m1/s1. The monoisotopic (exact) mass is 623 g/mol. The number of hydrogen-bond acceptors (Lipinski definition) is 5. The minimum atomic E-state index is -4.10. The Hall–Kier alpha value is -3.70. The average Bonchev–Trinajstić information content (AvgIpc) is 3.51. The van der Waals surface area contributed by atoms with E-state index in [1.807, 2.05) is 54.6 Å². The van der Waals surface area contributed by atoms with E-state index in [1.54, 1.807) is 30.0 Å². The smallest absolute Gasteiger partial charge is 0.264 e. The molecule has 0 bridgehead atoms. The van der Waals surface area contributed by atoms with Crippen LogP contribution in [0.4, 0.5) is 11.6 Å². The number of carbonyl (C=O) groups is 2. The molecule has 1 saturated heterocycles. The molecule has 2 aliphatic heterocycles. The second kappa shape index (κ2) is 10.5. The molecule has 216 valence electrons. The molecule has 0 saturated carbocycles. The molecule has 1 aromatic heterocycles. The lowest BCUT2D eigenvalue weighted by Gasteiger charge is -2.34. The highest BCUT2D eigenvalue weighted by molar-refractivity contribution is 7.89. The maximum Gasteiger partial charge on any atom is 0.264 e. The normalized spacial score (nSPS) is 19.3. The van der Waals surface area contributed by atoms with E-state index in [1.165, 1.54) is 26.9 Å². The third-order valence-corrected chi connectivity index (χ3v) is 10.2. The van der Waals surface area contributed by atoms with Gasteiger partial charge in [0.25, 0.3) is 15.9 Å². The Morgan fingerprint density at radius 2 is 1.48 bits per heavy atom. The topological polar surface area (TPSA) is 95.8 Å². The van der Waals surface area contributed by atoms with Gasteiger partial charge >= 0.3 is 0 Å². The first-order valence-corrected chi connectivity index (χ1v) is 15.5. The summed E-state index contributed by atoms with van der Waals surface area (Å²) in [6, 6.07) is 22.0. The number of hydrogen-bond donors (Lipinski definition) is 0. The third kappa shape index (κ3) is 4.59. The van der Waals surface area contributed by atoms with Crippen molar-refractivity contribution in [3.8, 4) is 11.1 Å². The molecule has 3 heterocycles. The van der Waals surface area contributed by atoms with E-state index in [-0.39, 0.29) is 43.1 Å². The summed E-state index contributed by atoms with van der Waals surface area (Å²) in [6.07, 6.45) is 1.28. The van der Waals surface area contributed by atoms with Gasteiger partial charge in [-0.15, -0.1) is 0 Å². The maximum atomic E-state index is 14.4. The Morgan fingerprint density at radius 3 is 2.07 bits per heavy atom. The lowest BCUT2D eigenvalue weighted by Crippen LogP contribution is -2.50. The highest BCUT2D eigenvalue weighted by atomic mass is 35.5. The minimum Gasteiger partial charge on any atom is -0.340 e. The zero-order chi connectivity index (χ0) is 29.8. The van der Waals surface area contributed by atoms with Crippen LogP contribution in [0.5, 0.6) is 0 Å². The van der Waals surface area contributed by atoms with E-state index in [9.17, 15) is 18.0 Å². The van der Waals surface area contributed by atoms with Crippen LogP contribution >= 0.6 is 23.2 Å². The predicted octanol–water partition coefficient (Wildman–Crippen LogP) is 5.15. The lowest BCUT2D eigenvalue weighted by atomic mass is 9.89. The first kappa shape index (κ1) is 28.4. The van der Waals surface area contributed by atoms with Crippen LogP contribution in [-0.2, 0) is 25.2 Å². The highest BCUT2D eigenvalue weighted by Gasteiger charge is 2.53. The molecule has 3 aromatic carbocycles. The number of sulfonamides is 1. The van der Waals surface area contributed by atoms with Crippen molar-refractivity contribution < 1.29 is 18.0 Å². The van der Waals surface area contributed by atoms with Gasteiger partial charge in [-0.2, -0.15) is 4.31 Å². The van der Waals surface area contributed by atoms with Crippen molar-refractivity contribution in [2.45, 2.75) is 24.4 Å². The molecule has 0 unspecified atom stereocenters. The number of aromatic nitrogens is 2. The molecule has 6 rings (SSSR count). The maximum absolute atomic E-state index is 14.4. The fraction of sp³-hybridized carbons (Fsp3) is 0.233. The number of piperazine rings is 1. The van der Waals surface area contributed by atoms with Crippen LogP contribution in [0.25, 0.3) is 11.1 Å². The van der Waals surface area contributed by atoms with Gasteiger partial charge in [0.2, 0.25) is 11.9 Å². The minimum absolute atomic E-state index is 0.106. The number of anilines is 2. The summed E-state index contributed by atoms with van der Waals surface area (Å²) in [6.45, 7) is 3.97. The van der Waals surface area contributed by atoms with Gasteiger partial charge in [-0.1, -0.05) is 77.8 Å². The van der Waals surface area contributed by atoms with Gasteiger partial charge < -0.3 is 4.90 Å². The number of carbonyl (C=O) groups excluding carboxylic acids is 2. The van der Waals surface area contributed by atoms with Crippen molar-refractivity contribution >= 4 is 56.7 Å². The highest BCUT2D eigenvalue weighted by Crippen LogP contribution is 2.46. The van der Waals surface area contributed by atoms with E-state index in [4.69, 9.17) is 23.2 Å². The zero-order valence-electron chi connectivity index (χ0n) is 22.9. The van der Waals surface area contributed by atoms with Gasteiger partial charge in [0.1, 0.15) is 0 Å². The molecule has 1 fully saturated rings. The van der Waals surface area contributed by atoms with Crippen LogP contribution in [-0.4, -0.2) is 65.2 Å². The van der Waals surface area contributed by atoms with Crippen molar-refractivity contribution in [2.75, 3.05) is 31.1 Å². The van der Waals surface area contributed by atoms with E-state index < -0.39 is 21.5 Å². The first-order valence-electron chi connectivity index (χ1n) is 13.3. The van der Waals surface area contributed by atoms with E-state index >= 15 is 0 Å². The fourth-order valence-electron chi connectivity index (χ4n) is 5.64. The van der Waals surface area contributed by atoms with Gasteiger partial charge in [0.15, 0.2) is 10.6 Å². The third-order valence-electron chi connectivity index (χ3n) is 7.93. The molecule has 0 aliphatic carbocycles. The second-order valence-corrected chi connectivity index (χ2v) is 13.2. The van der Waals surface area contributed by atoms with E-state index in [2.05, 4.69) is 4.98 Å². The van der Waals surface area contributed by atoms with Crippen molar-refractivity contribution in [1.29, 1.82) is 0 Å². The van der Waals surface area contributed by atoms with Gasteiger partial charge in [-0.05, 0) is 41.8 Å². The predicted molar refractivity (Wildman–Crippen MR) is 161 cm³/mol. The summed E-state index contributed by atoms with van der Waals surface area (Å²) >= 11 is 12.6. The number of rotatable bonds is 5. The molecule has 12 heteroatoms. The first-order chi connectivity index (χ1) is 20.0. The molecule has 42 heavy (non-hydrogen) atoms. The molecule has 2 amide bonds. The van der Waals surface area contributed by atoms with Gasteiger partial charge in [-0.25, -0.2) is 18.3 Å². The number of imidazole rings is 1. The molecule has 9 nitrogen and oxygen atoms in total. The number of fused-ring (bicyclic) bond motifs is 1. The number of nitrogens with zero attached hydrogens (tertiary/aromatic N) is 5. The van der Waals surface area contributed by atoms with Crippen LogP contribution in [0.2, 0.25) is 10.0 Å². The van der Waals surface area contributed by atoms with Gasteiger partial charge in [0.05, 0.1) is 11.9 Å². The van der Waals surface area contributed by atoms with Crippen molar-refractivity contribution in [1.82, 2.24) is 18.8 Å². The molecule has 0 spiro atoms. The Labute approximate surface area is 253 Å². The average molecular weight is 625 g/mol. The SMILES string of the molecule is CC(=O)N1CCN(S(=O)(=O)c2cnc3n2[C@](C)(c2ccc(-c4ccccc4)cc2)C(=O)N3c2cc(Cl)cc(Cl)c2)CC1. The van der Waals surface area contributed by atoms with Crippen LogP contribution in [0.15, 0.2) is 84.0 Å². The quantitative estimate of drug-likeness (QED) is 0.306. The van der Waals surface area contributed by atoms with Crippen LogP contribution in [0.1, 0.15) is 19.4 Å². The summed E-state index contributed by atoms with van der Waals surface area (Å²) in [5.41, 5.74) is 1.44. The molecular formula is C30H27Cl2N5O4S. The zero-order valence-corrected chi connectivity index (χ0v) is 25.2. The Bertz CT molecular complexity index is 1780. The molecule has 0 N–H and O–H groups in total. The number of amides is 2. The Morgan fingerprint density at radius 1 is 0.881 bits per heavy atom. The van der Waals surface area contributed by atoms with Crippen LogP contribution in [0, 0.1) is 0 Å². The van der Waals surface area contributed by atoms with Gasteiger partial charge in [-0.3, -0.25) is 14.2 Å². The summed E-state index contributed by atoms with van der Waals surface area (Å²) in [5, 5.41) is 0.521. The van der Waals surface area contributed by atoms with Crippen molar-refractivity contribution in [3.63, 3.8) is 0 Å². The fourth-order valence-corrected chi connectivity index (χ4v) is 7.74. The van der Waals surface area contributed by atoms with Crippen LogP contribution < -0.4 is 4.90 Å². The molecule has 1 atom stereocenters. The number of halogens is 2.